The largest absolute Gasteiger partial charge is 1.00 e. The van der Waals surface area contributed by atoms with Crippen LogP contribution >= 0.6 is 0 Å². The molecular formula is C9H11Cl2Zr. The standard InChI is InChI=1S/C9H11.2ClH.Zr/c1-2-3-6-9-7-4-5-8-9;;;/h2,4-5H,1,3,6-7H2;2*1H;/q;;;+2/p-2. The summed E-state index contributed by atoms with van der Waals surface area (Å²) in [6.07, 6.45) is 10.0. The van der Waals surface area contributed by atoms with E-state index < -0.39 is 0 Å². The van der Waals surface area contributed by atoms with E-state index in [1.807, 2.05) is 6.08 Å². The minimum Gasteiger partial charge on any atom is -1.00 e. The van der Waals surface area contributed by atoms with Gasteiger partial charge in [0.25, 0.3) is 0 Å². The zero-order chi connectivity index (χ0) is 7.40. The second-order valence-electron chi connectivity index (χ2n) is 2.45. The van der Waals surface area contributed by atoms with Gasteiger partial charge in [-0.05, 0) is 0 Å². The van der Waals surface area contributed by atoms with E-state index in [-0.39, 0.29) is 24.8 Å². The molecule has 0 fully saturated rings. The predicted molar refractivity (Wildman–Crippen MR) is 40.2 cm³/mol. The monoisotopic (exact) mass is 279 g/mol. The average Bonchev–Trinajstić information content (AvgIpc) is 2.31. The first-order valence-electron chi connectivity index (χ1n) is 3.55. The molecule has 0 unspecified atom stereocenters. The smallest absolute Gasteiger partial charge is 1.00 e. The molecule has 0 atom stereocenters. The van der Waals surface area contributed by atoms with Gasteiger partial charge in [-0.25, -0.2) is 0 Å². The normalized spacial score (nSPS) is 13.8. The van der Waals surface area contributed by atoms with E-state index in [1.165, 1.54) is 12.8 Å². The van der Waals surface area contributed by atoms with Gasteiger partial charge in [0, 0.05) is 0 Å². The fourth-order valence-corrected chi connectivity index (χ4v) is 1.91. The fraction of sp³-hybridized carbons (Fsp3) is 0.333. The third kappa shape index (κ3) is 4.65. The number of hydrogen-bond donors (Lipinski definition) is 0. The van der Waals surface area contributed by atoms with Crippen LogP contribution in [0.25, 0.3) is 0 Å². The Morgan fingerprint density at radius 1 is 1.50 bits per heavy atom. The molecule has 3 heteroatoms. The van der Waals surface area contributed by atoms with E-state index in [0.29, 0.717) is 0 Å². The van der Waals surface area contributed by atoms with Crippen molar-refractivity contribution in [3.05, 3.63) is 33.7 Å². The Hall–Kier alpha value is 0.683. The van der Waals surface area contributed by atoms with Crippen molar-refractivity contribution in [1.82, 2.24) is 0 Å². The Balaban J connectivity index is 0. The molecule has 0 heterocycles. The third-order valence-corrected chi connectivity index (χ3v) is 2.96. The van der Waals surface area contributed by atoms with Crippen LogP contribution in [-0.4, -0.2) is 0 Å². The maximum Gasteiger partial charge on any atom is -1.00 e. The van der Waals surface area contributed by atoms with Gasteiger partial charge in [-0.3, -0.25) is 0 Å². The SMILES string of the molecule is C=CCCC1=[C]([Zr+2])C=CC1.[Cl-].[Cl-]. The maximum absolute atomic E-state index is 3.71. The minimum atomic E-state index is 0. The van der Waals surface area contributed by atoms with E-state index in [2.05, 4.69) is 18.7 Å². The first-order chi connectivity index (χ1) is 4.84. The van der Waals surface area contributed by atoms with Crippen LogP contribution in [0.1, 0.15) is 19.3 Å². The molecule has 12 heavy (non-hydrogen) atoms. The summed E-state index contributed by atoms with van der Waals surface area (Å²) in [5.74, 6) is 0. The van der Waals surface area contributed by atoms with E-state index in [4.69, 9.17) is 0 Å². The van der Waals surface area contributed by atoms with Gasteiger partial charge < -0.3 is 24.8 Å². The van der Waals surface area contributed by atoms with Crippen LogP contribution in [0.4, 0.5) is 0 Å². The molecule has 0 aromatic carbocycles. The van der Waals surface area contributed by atoms with Crippen LogP contribution in [0, 0.1) is 0 Å². The van der Waals surface area contributed by atoms with Gasteiger partial charge in [0.1, 0.15) is 0 Å². The third-order valence-electron chi connectivity index (χ3n) is 1.68. The fourth-order valence-electron chi connectivity index (χ4n) is 1.06. The molecular weight excluding hydrogens is 270 g/mol. The van der Waals surface area contributed by atoms with Crippen molar-refractivity contribution < 1.29 is 49.5 Å². The molecule has 1 aliphatic carbocycles. The van der Waals surface area contributed by atoms with Crippen molar-refractivity contribution in [1.29, 1.82) is 0 Å². The summed E-state index contributed by atoms with van der Waals surface area (Å²) in [4.78, 5) is 0. The van der Waals surface area contributed by atoms with E-state index in [9.17, 15) is 0 Å². The molecule has 0 aromatic heterocycles. The molecule has 0 saturated carbocycles. The summed E-state index contributed by atoms with van der Waals surface area (Å²) < 4.78 is 1.55. The summed E-state index contributed by atoms with van der Waals surface area (Å²) >= 11 is 1.55. The van der Waals surface area contributed by atoms with Crippen molar-refractivity contribution in [2.75, 3.05) is 0 Å². The van der Waals surface area contributed by atoms with Crippen LogP contribution in [0.15, 0.2) is 33.7 Å². The van der Waals surface area contributed by atoms with Crippen LogP contribution in [0.5, 0.6) is 0 Å². The first-order valence-corrected chi connectivity index (χ1v) is 4.78. The molecule has 0 saturated heterocycles. The quantitative estimate of drug-likeness (QED) is 0.476. The molecule has 0 spiro atoms. The van der Waals surface area contributed by atoms with Gasteiger partial charge in [-0.2, -0.15) is 0 Å². The Labute approximate surface area is 102 Å². The van der Waals surface area contributed by atoms with Crippen molar-refractivity contribution in [2.45, 2.75) is 19.3 Å². The van der Waals surface area contributed by atoms with Gasteiger partial charge in [-0.15, -0.1) is 0 Å². The Morgan fingerprint density at radius 3 is 2.58 bits per heavy atom. The van der Waals surface area contributed by atoms with Crippen molar-refractivity contribution >= 4 is 0 Å². The van der Waals surface area contributed by atoms with Crippen LogP contribution in [-0.2, 0) is 24.7 Å². The molecule has 0 radical (unpaired) electrons. The van der Waals surface area contributed by atoms with Crippen LogP contribution in [0.2, 0.25) is 0 Å². The van der Waals surface area contributed by atoms with Crippen molar-refractivity contribution in [2.24, 2.45) is 0 Å². The number of hydrogen-bond acceptors (Lipinski definition) is 0. The Morgan fingerprint density at radius 2 is 2.17 bits per heavy atom. The van der Waals surface area contributed by atoms with Crippen molar-refractivity contribution in [3.63, 3.8) is 0 Å². The predicted octanol–water partition coefficient (Wildman–Crippen LogP) is -3.28. The van der Waals surface area contributed by atoms with Crippen molar-refractivity contribution in [3.8, 4) is 0 Å². The van der Waals surface area contributed by atoms with Gasteiger partial charge in [-0.1, -0.05) is 0 Å². The first kappa shape index (κ1) is 15.2. The number of rotatable bonds is 3. The molecule has 0 N–H and O–H groups in total. The molecule has 1 aliphatic rings. The Bertz CT molecular complexity index is 195. The topological polar surface area (TPSA) is 0 Å². The van der Waals surface area contributed by atoms with E-state index in [0.717, 1.165) is 6.42 Å². The average molecular weight is 281 g/mol. The second-order valence-corrected chi connectivity index (χ2v) is 3.78. The van der Waals surface area contributed by atoms with Gasteiger partial charge in [0.15, 0.2) is 0 Å². The van der Waals surface area contributed by atoms with Gasteiger partial charge in [0.2, 0.25) is 0 Å². The summed E-state index contributed by atoms with van der Waals surface area (Å²) in [6, 6.07) is 0. The molecule has 0 aliphatic heterocycles. The van der Waals surface area contributed by atoms with Crippen LogP contribution < -0.4 is 24.8 Å². The number of halogens is 2. The summed E-state index contributed by atoms with van der Waals surface area (Å²) in [5.41, 5.74) is 1.62. The van der Waals surface area contributed by atoms with Crippen LogP contribution in [0.3, 0.4) is 0 Å². The maximum atomic E-state index is 3.71. The minimum absolute atomic E-state index is 0. The molecule has 0 aromatic rings. The molecule has 0 amide bonds. The zero-order valence-electron chi connectivity index (χ0n) is 6.82. The molecule has 1 rings (SSSR count). The summed E-state index contributed by atoms with van der Waals surface area (Å²) in [6.45, 7) is 3.71. The van der Waals surface area contributed by atoms with E-state index in [1.54, 1.807) is 33.6 Å². The van der Waals surface area contributed by atoms with Gasteiger partial charge in [0.05, 0.1) is 0 Å². The van der Waals surface area contributed by atoms with Gasteiger partial charge >= 0.3 is 77.6 Å². The second kappa shape index (κ2) is 8.29. The molecule has 0 nitrogen and oxygen atoms in total. The number of allylic oxidation sites excluding steroid dienone is 5. The zero-order valence-corrected chi connectivity index (χ0v) is 10.8. The molecule has 65 valence electrons. The van der Waals surface area contributed by atoms with E-state index >= 15 is 0 Å². The summed E-state index contributed by atoms with van der Waals surface area (Å²) in [7, 11) is 0. The summed E-state index contributed by atoms with van der Waals surface area (Å²) in [5, 5.41) is 0. The molecule has 0 bridgehead atoms. The Kier molecular flexibility index (Phi) is 10.5.